The van der Waals surface area contributed by atoms with E-state index in [0.717, 1.165) is 82.9 Å². The number of aliphatic hydroxyl groups excluding tert-OH is 2. The van der Waals surface area contributed by atoms with Crippen LogP contribution in [-0.2, 0) is 89.3 Å². The second-order valence-electron chi connectivity index (χ2n) is 20.0. The van der Waals surface area contributed by atoms with Crippen LogP contribution in [0.5, 0.6) is 0 Å². The van der Waals surface area contributed by atoms with Crippen LogP contribution in [0.4, 0.5) is 0 Å². The summed E-state index contributed by atoms with van der Waals surface area (Å²) in [6.07, 6.45) is 21.3. The summed E-state index contributed by atoms with van der Waals surface area (Å²) in [5, 5.41) is 17.0. The molecule has 2 N–H and O–H groups in total. The van der Waals surface area contributed by atoms with Crippen LogP contribution in [0, 0.1) is 6.92 Å². The third-order valence-electron chi connectivity index (χ3n) is 14.7. The Morgan fingerprint density at radius 2 is 0.840 bits per heavy atom. The Labute approximate surface area is 542 Å². The van der Waals surface area contributed by atoms with Gasteiger partial charge in [-0.15, -0.1) is 58.8 Å². The van der Waals surface area contributed by atoms with Crippen molar-refractivity contribution in [1.82, 2.24) is 0 Å². The molecule has 472 valence electrons. The second kappa shape index (κ2) is 42.4. The van der Waals surface area contributed by atoms with Gasteiger partial charge in [0.2, 0.25) is 0 Å². The van der Waals surface area contributed by atoms with Gasteiger partial charge in [-0.1, -0.05) is 17.7 Å². The number of rotatable bonds is 6. The number of thioether (sulfide) groups is 1. The summed E-state index contributed by atoms with van der Waals surface area (Å²) in [6.45, 7) is 7.47. The maximum absolute atomic E-state index is 12.2. The van der Waals surface area contributed by atoms with Crippen molar-refractivity contribution < 1.29 is 112 Å². The number of Topliss-reactive ketones (excluding diaryl/α,β-unsaturated/α-hetero) is 1. The molecule has 0 amide bonds. The van der Waals surface area contributed by atoms with Gasteiger partial charge >= 0.3 is 29.6 Å². The first-order valence-electron chi connectivity index (χ1n) is 26.8. The average molecular weight is 1360 g/mol. The molecule has 0 aromatic heterocycles. The zero-order chi connectivity index (χ0) is 59.2. The van der Waals surface area contributed by atoms with Crippen LogP contribution in [0.25, 0.3) is 0 Å². The average Bonchev–Trinajstić information content (AvgIpc) is 4.30. The van der Waals surface area contributed by atoms with Crippen LogP contribution in [-0.4, -0.2) is 188 Å². The van der Waals surface area contributed by atoms with Gasteiger partial charge in [0.1, 0.15) is 25.5 Å². The molecule has 1 aromatic carbocycles. The van der Waals surface area contributed by atoms with Gasteiger partial charge in [0.15, 0.2) is 23.1 Å². The van der Waals surface area contributed by atoms with E-state index >= 15 is 0 Å². The second-order valence-corrected chi connectivity index (χ2v) is 28.9. The number of aliphatic hydroxyl groups is 2. The number of halogens is 5. The summed E-state index contributed by atoms with van der Waals surface area (Å²) in [5.74, 6) is -1.20. The van der Waals surface area contributed by atoms with E-state index in [1.807, 2.05) is 18.7 Å². The molecule has 0 radical (unpaired) electrons. The van der Waals surface area contributed by atoms with E-state index in [1.165, 1.54) is 25.4 Å². The minimum atomic E-state index is -3.69. The Hall–Kier alpha value is 1.45. The number of carbonyl (C=O) groups excluding carboxylic acids is 1. The van der Waals surface area contributed by atoms with Crippen molar-refractivity contribution in [2.45, 2.75) is 191 Å². The van der Waals surface area contributed by atoms with E-state index < -0.39 is 41.4 Å². The number of carbonyl (C=O) groups is 1. The number of ketones is 1. The molecule has 4 saturated heterocycles. The molecule has 0 bridgehead atoms. The first-order chi connectivity index (χ1) is 37.5. The fourth-order valence-electron chi connectivity index (χ4n) is 10.3. The molecule has 9 fully saturated rings. The van der Waals surface area contributed by atoms with Crippen molar-refractivity contribution in [2.75, 3.05) is 95.7 Å². The predicted octanol–water partition coefficient (Wildman–Crippen LogP) is 6.39. The van der Waals surface area contributed by atoms with Gasteiger partial charge in [0.05, 0.1) is 91.1 Å². The first kappa shape index (κ1) is 82.5. The standard InChI is InChI=1S/C15H20O5S.C9H16O4S.C9H16O2S.C8H14O3.C7H12O3S.2CH2Cl2.CH4O.CH4S.ClH.Na/c1-12-2-4-14(5-3-12)21(16,17)20-13-6-8-15(9-7-13)18-10-11-19-15;1-14(10,11)8-2-4-9(5-3-8)12-6-7-13-9;1-12-8-2-4-9(5-3-8)10-6-7-11-9;9-7-1-3-8(4-2-7)10-5-6-11-8;1-11(9,10)7-4-2-6(8)3-5-7;2*2-1-3;2*1-2;;/h2-5,13H,6-11H2,1H3;8H,2-7H2,1H3;8H,2-7H2,1H3;7,9H,1-6H2;7H,2-5H2,1H3;2*1H2;2*2H,1H3;1H;/q;;;;;;;;;;+1/p-1. The van der Waals surface area contributed by atoms with Crippen LogP contribution in [0.15, 0.2) is 29.2 Å². The fourth-order valence-corrected chi connectivity index (χ4v) is 14.3. The molecule has 0 atom stereocenters. The summed E-state index contributed by atoms with van der Waals surface area (Å²) >= 11 is 25.1. The van der Waals surface area contributed by atoms with Gasteiger partial charge in [-0.05, 0) is 89.5 Å². The maximum atomic E-state index is 12.2. The Balaban J connectivity index is 0.000000961. The molecule has 5 aliphatic carbocycles. The Bertz CT molecular complexity index is 2120. The van der Waals surface area contributed by atoms with E-state index in [1.54, 1.807) is 30.5 Å². The molecular formula is C52H90Cl5NaO18S5. The third-order valence-corrected chi connectivity index (χ3v) is 20.5. The molecule has 4 spiro atoms. The zero-order valence-corrected chi connectivity index (χ0v) is 58.2. The molecule has 5 saturated carbocycles. The van der Waals surface area contributed by atoms with Crippen LogP contribution in [0.2, 0.25) is 0 Å². The summed E-state index contributed by atoms with van der Waals surface area (Å²) in [7, 11) is -8.48. The van der Waals surface area contributed by atoms with Gasteiger partial charge in [-0.25, -0.2) is 16.8 Å². The topological polar surface area (TPSA) is 243 Å². The number of sulfone groups is 2. The molecule has 29 heteroatoms. The third kappa shape index (κ3) is 30.2. The first-order valence-corrected chi connectivity index (χ1v) is 36.4. The molecule has 9 aliphatic rings. The van der Waals surface area contributed by atoms with Crippen LogP contribution < -0.4 is 29.6 Å². The number of ether oxygens (including phenoxy) is 8. The van der Waals surface area contributed by atoms with Crippen LogP contribution >= 0.6 is 70.6 Å². The molecule has 4 heterocycles. The normalized spacial score (nSPS) is 25.0. The van der Waals surface area contributed by atoms with Crippen LogP contribution in [0.3, 0.4) is 0 Å². The molecule has 10 rings (SSSR count). The van der Waals surface area contributed by atoms with E-state index in [-0.39, 0.29) is 97.6 Å². The summed E-state index contributed by atoms with van der Waals surface area (Å²) in [5.41, 5.74) is 1.02. The number of alkyl halides is 4. The Morgan fingerprint density at radius 1 is 0.556 bits per heavy atom. The van der Waals surface area contributed by atoms with Crippen molar-refractivity contribution >= 4 is 119 Å². The van der Waals surface area contributed by atoms with Gasteiger partial charge in [-0.2, -0.15) is 26.4 Å². The fraction of sp³-hybridized carbons (Fsp3) is 0.865. The zero-order valence-electron chi connectivity index (χ0n) is 48.3. The molecule has 4 aliphatic heterocycles. The van der Waals surface area contributed by atoms with E-state index in [2.05, 4.69) is 18.9 Å². The number of aryl methyl sites for hydroxylation is 1. The Morgan fingerprint density at radius 3 is 1.15 bits per heavy atom. The van der Waals surface area contributed by atoms with E-state index in [0.29, 0.717) is 103 Å². The minimum Gasteiger partial charge on any atom is -0.796 e. The van der Waals surface area contributed by atoms with Crippen molar-refractivity contribution in [3.05, 3.63) is 29.8 Å². The number of benzene rings is 1. The van der Waals surface area contributed by atoms with Gasteiger partial charge in [0, 0.05) is 89.1 Å². The van der Waals surface area contributed by atoms with Gasteiger partial charge in [0.25, 0.3) is 10.1 Å². The van der Waals surface area contributed by atoms with E-state index in [9.17, 15) is 35.2 Å². The molecule has 81 heavy (non-hydrogen) atoms. The Kier molecular flexibility index (Phi) is 43.2. The summed E-state index contributed by atoms with van der Waals surface area (Å²) < 4.78 is 119. The quantitative estimate of drug-likeness (QED) is 0.136. The molecule has 1 aromatic rings. The molecule has 18 nitrogen and oxygen atoms in total. The van der Waals surface area contributed by atoms with Crippen molar-refractivity contribution in [3.63, 3.8) is 0 Å². The van der Waals surface area contributed by atoms with Crippen LogP contribution in [0.1, 0.15) is 134 Å². The molecular weight excluding hydrogens is 1270 g/mol. The van der Waals surface area contributed by atoms with Crippen molar-refractivity contribution in [2.24, 2.45) is 0 Å². The number of hydrogen-bond acceptors (Lipinski definition) is 20. The van der Waals surface area contributed by atoms with E-state index in [4.69, 9.17) is 93.6 Å². The SMILES string of the molecule is CO.CS(=O)(=O)C1CCC(=O)CC1.CS(=O)(=O)C1CCC2(CC1)OCCO2.CSC1CCC2(CC1)OCCO2.C[S-].Cc1ccc(S(=O)(=O)OC2CCC3(CC2)OCCO3)cc1.Cl.ClCCl.ClCCl.OC1CCC2(CC1)OCCO2.[Na+]. The minimum absolute atomic E-state index is 0. The molecule has 0 unspecified atom stereocenters. The smallest absolute Gasteiger partial charge is 0.796 e. The largest absolute Gasteiger partial charge is 1.00 e. The maximum Gasteiger partial charge on any atom is 1.00 e. The van der Waals surface area contributed by atoms with Gasteiger partial charge in [-0.3, -0.25) is 8.98 Å². The number of hydrogen-bond donors (Lipinski definition) is 2. The van der Waals surface area contributed by atoms with Crippen molar-refractivity contribution in [3.8, 4) is 0 Å². The summed E-state index contributed by atoms with van der Waals surface area (Å²) in [6, 6.07) is 6.70. The predicted molar refractivity (Wildman–Crippen MR) is 322 cm³/mol. The van der Waals surface area contributed by atoms with Gasteiger partial charge < -0.3 is 60.7 Å². The monoisotopic (exact) mass is 1360 g/mol. The summed E-state index contributed by atoms with van der Waals surface area (Å²) in [4.78, 5) is 11.0. The van der Waals surface area contributed by atoms with Crippen molar-refractivity contribution in [1.29, 1.82) is 0 Å².